The van der Waals surface area contributed by atoms with Crippen LogP contribution in [0.3, 0.4) is 0 Å². The molecule has 0 aromatic rings. The normalized spacial score (nSPS) is 34.1. The molecule has 1 aliphatic carbocycles. The Labute approximate surface area is 90.5 Å². The molecule has 0 aromatic carbocycles. The van der Waals surface area contributed by atoms with E-state index >= 15 is 0 Å². The van der Waals surface area contributed by atoms with Crippen molar-refractivity contribution in [2.75, 3.05) is 0 Å². The Morgan fingerprint density at radius 3 is 2.43 bits per heavy atom. The van der Waals surface area contributed by atoms with E-state index < -0.39 is 0 Å². The first-order valence-electron chi connectivity index (χ1n) is 6.76. The van der Waals surface area contributed by atoms with Crippen LogP contribution in [0.4, 0.5) is 0 Å². The van der Waals surface area contributed by atoms with Gasteiger partial charge in [-0.2, -0.15) is 0 Å². The van der Waals surface area contributed by atoms with Crippen molar-refractivity contribution in [1.29, 1.82) is 0 Å². The molecular weight excluding hydrogens is 168 g/mol. The lowest BCUT2D eigenvalue weighted by molar-refractivity contribution is 0.337. The fourth-order valence-electron chi connectivity index (χ4n) is 2.98. The summed E-state index contributed by atoms with van der Waals surface area (Å²) in [5.41, 5.74) is 0. The minimum absolute atomic E-state index is 0.992. The highest BCUT2D eigenvalue weighted by Gasteiger charge is 2.21. The Morgan fingerprint density at radius 2 is 1.79 bits per heavy atom. The van der Waals surface area contributed by atoms with Crippen molar-refractivity contribution in [1.82, 2.24) is 0 Å². The predicted molar refractivity (Wildman–Crippen MR) is 64.4 cm³/mol. The third-order valence-corrected chi connectivity index (χ3v) is 4.01. The largest absolute Gasteiger partial charge is 0.0654 e. The number of rotatable bonds is 4. The van der Waals surface area contributed by atoms with E-state index in [1.165, 1.54) is 51.4 Å². The molecule has 0 aromatic heterocycles. The van der Waals surface area contributed by atoms with Gasteiger partial charge < -0.3 is 0 Å². The van der Waals surface area contributed by atoms with Gasteiger partial charge in [-0.15, -0.1) is 0 Å². The van der Waals surface area contributed by atoms with Gasteiger partial charge in [-0.05, 0) is 30.6 Å². The Morgan fingerprint density at radius 1 is 1.00 bits per heavy atom. The van der Waals surface area contributed by atoms with E-state index in [9.17, 15) is 0 Å². The van der Waals surface area contributed by atoms with E-state index in [2.05, 4.69) is 20.8 Å². The fraction of sp³-hybridized carbons (Fsp3) is 1.00. The molecule has 0 radical (unpaired) electrons. The maximum Gasteiger partial charge on any atom is -0.0412 e. The molecule has 1 fully saturated rings. The second kappa shape index (κ2) is 6.48. The number of unbranched alkanes of at least 4 members (excludes halogenated alkanes) is 1. The summed E-state index contributed by atoms with van der Waals surface area (Å²) in [6.45, 7) is 7.14. The molecular formula is C14H28. The van der Waals surface area contributed by atoms with Crippen molar-refractivity contribution in [3.05, 3.63) is 0 Å². The van der Waals surface area contributed by atoms with Crippen LogP contribution >= 0.6 is 0 Å². The summed E-state index contributed by atoms with van der Waals surface area (Å²) in [5.74, 6) is 3.09. The van der Waals surface area contributed by atoms with Gasteiger partial charge in [-0.1, -0.05) is 59.3 Å². The van der Waals surface area contributed by atoms with Crippen LogP contribution in [0, 0.1) is 17.8 Å². The van der Waals surface area contributed by atoms with Crippen molar-refractivity contribution in [3.8, 4) is 0 Å². The predicted octanol–water partition coefficient (Wildman–Crippen LogP) is 5.03. The highest BCUT2D eigenvalue weighted by atomic mass is 14.3. The molecule has 0 amide bonds. The van der Waals surface area contributed by atoms with Gasteiger partial charge in [0.05, 0.1) is 0 Å². The molecule has 0 heterocycles. The van der Waals surface area contributed by atoms with E-state index in [0.717, 1.165) is 17.8 Å². The molecule has 0 bridgehead atoms. The smallest absolute Gasteiger partial charge is 0.0412 e. The summed E-state index contributed by atoms with van der Waals surface area (Å²) in [6, 6.07) is 0. The van der Waals surface area contributed by atoms with Gasteiger partial charge in [0.25, 0.3) is 0 Å². The van der Waals surface area contributed by atoms with Crippen molar-refractivity contribution in [3.63, 3.8) is 0 Å². The molecule has 0 heteroatoms. The van der Waals surface area contributed by atoms with Gasteiger partial charge in [-0.25, -0.2) is 0 Å². The maximum atomic E-state index is 2.45. The van der Waals surface area contributed by atoms with Gasteiger partial charge in [0.15, 0.2) is 0 Å². The molecule has 1 aliphatic rings. The molecule has 14 heavy (non-hydrogen) atoms. The second-order valence-electron chi connectivity index (χ2n) is 5.44. The van der Waals surface area contributed by atoms with Crippen molar-refractivity contribution >= 4 is 0 Å². The lowest BCUT2D eigenvalue weighted by Gasteiger charge is -2.18. The zero-order chi connectivity index (χ0) is 10.4. The van der Waals surface area contributed by atoms with Crippen LogP contribution in [0.2, 0.25) is 0 Å². The van der Waals surface area contributed by atoms with Crippen LogP contribution in [-0.2, 0) is 0 Å². The molecule has 1 saturated carbocycles. The maximum absolute atomic E-state index is 2.45. The summed E-state index contributed by atoms with van der Waals surface area (Å²) in [6.07, 6.45) is 11.8. The zero-order valence-electron chi connectivity index (χ0n) is 10.4. The monoisotopic (exact) mass is 196 g/mol. The number of hydrogen-bond acceptors (Lipinski definition) is 0. The van der Waals surface area contributed by atoms with Crippen LogP contribution in [0.1, 0.15) is 72.1 Å². The molecule has 3 unspecified atom stereocenters. The Hall–Kier alpha value is 0. The van der Waals surface area contributed by atoms with Gasteiger partial charge in [0.1, 0.15) is 0 Å². The van der Waals surface area contributed by atoms with Gasteiger partial charge in [0, 0.05) is 0 Å². The van der Waals surface area contributed by atoms with Crippen molar-refractivity contribution < 1.29 is 0 Å². The van der Waals surface area contributed by atoms with Crippen LogP contribution in [0.15, 0.2) is 0 Å². The number of hydrogen-bond donors (Lipinski definition) is 0. The highest BCUT2D eigenvalue weighted by Crippen LogP contribution is 2.35. The average Bonchev–Trinajstić information content (AvgIpc) is 2.37. The SMILES string of the molecule is CCCCC1CCC(C)CC(CC)C1. The van der Waals surface area contributed by atoms with E-state index in [0.29, 0.717) is 0 Å². The Balaban J connectivity index is 2.36. The first-order valence-corrected chi connectivity index (χ1v) is 6.76. The molecule has 0 aliphatic heterocycles. The van der Waals surface area contributed by atoms with Gasteiger partial charge in [0.2, 0.25) is 0 Å². The third kappa shape index (κ3) is 4.02. The fourth-order valence-corrected chi connectivity index (χ4v) is 2.98. The molecule has 0 saturated heterocycles. The first kappa shape index (κ1) is 12.1. The third-order valence-electron chi connectivity index (χ3n) is 4.01. The quantitative estimate of drug-likeness (QED) is 0.553. The van der Waals surface area contributed by atoms with Crippen LogP contribution < -0.4 is 0 Å². The lowest BCUT2D eigenvalue weighted by Crippen LogP contribution is -2.06. The zero-order valence-corrected chi connectivity index (χ0v) is 10.4. The average molecular weight is 196 g/mol. The van der Waals surface area contributed by atoms with E-state index in [-0.39, 0.29) is 0 Å². The molecule has 0 spiro atoms. The van der Waals surface area contributed by atoms with Gasteiger partial charge >= 0.3 is 0 Å². The Bertz CT molecular complexity index is 139. The molecule has 3 atom stereocenters. The summed E-state index contributed by atoms with van der Waals surface area (Å²) >= 11 is 0. The van der Waals surface area contributed by atoms with Crippen molar-refractivity contribution in [2.45, 2.75) is 72.1 Å². The molecule has 1 rings (SSSR count). The summed E-state index contributed by atoms with van der Waals surface area (Å²) in [7, 11) is 0. The van der Waals surface area contributed by atoms with Crippen molar-refractivity contribution in [2.24, 2.45) is 17.8 Å². The standard InChI is InChI=1S/C14H28/c1-4-6-7-14-9-8-12(3)10-13(5-2)11-14/h12-14H,4-11H2,1-3H3. The Kier molecular flexibility index (Phi) is 5.59. The van der Waals surface area contributed by atoms with Crippen LogP contribution in [-0.4, -0.2) is 0 Å². The van der Waals surface area contributed by atoms with E-state index in [4.69, 9.17) is 0 Å². The van der Waals surface area contributed by atoms with E-state index in [1.807, 2.05) is 0 Å². The summed E-state index contributed by atoms with van der Waals surface area (Å²) < 4.78 is 0. The summed E-state index contributed by atoms with van der Waals surface area (Å²) in [5, 5.41) is 0. The molecule has 84 valence electrons. The minimum Gasteiger partial charge on any atom is -0.0654 e. The topological polar surface area (TPSA) is 0 Å². The van der Waals surface area contributed by atoms with Crippen LogP contribution in [0.5, 0.6) is 0 Å². The first-order chi connectivity index (χ1) is 6.76. The van der Waals surface area contributed by atoms with Gasteiger partial charge in [-0.3, -0.25) is 0 Å². The summed E-state index contributed by atoms with van der Waals surface area (Å²) in [4.78, 5) is 0. The second-order valence-corrected chi connectivity index (χ2v) is 5.44. The molecule has 0 nitrogen and oxygen atoms in total. The minimum atomic E-state index is 0.992. The van der Waals surface area contributed by atoms with E-state index in [1.54, 1.807) is 0 Å². The lowest BCUT2D eigenvalue weighted by atomic mass is 9.88. The highest BCUT2D eigenvalue weighted by molar-refractivity contribution is 4.73. The molecule has 0 N–H and O–H groups in total. The van der Waals surface area contributed by atoms with Crippen LogP contribution in [0.25, 0.3) is 0 Å².